The number of hydrogen-bond acceptors (Lipinski definition) is 8. The number of carbonyl (C=O) groups excluding carboxylic acids is 2. The predicted octanol–water partition coefficient (Wildman–Crippen LogP) is 3.18. The fourth-order valence-electron chi connectivity index (χ4n) is 3.82. The molecular formula is C24H21F2N3O5. The molecule has 1 unspecified atom stereocenters. The minimum atomic E-state index is -1.37. The van der Waals surface area contributed by atoms with Crippen molar-refractivity contribution >= 4 is 17.6 Å². The van der Waals surface area contributed by atoms with Gasteiger partial charge in [0.25, 0.3) is 0 Å². The summed E-state index contributed by atoms with van der Waals surface area (Å²) < 4.78 is 44.9. The van der Waals surface area contributed by atoms with Gasteiger partial charge in [0.1, 0.15) is 17.3 Å². The Morgan fingerprint density at radius 1 is 1.06 bits per heavy atom. The standard InChI is InChI=1S/C24H21F2N3O5/c1-12-16(32-2)10-15(20(26)19(12)25)29-21(24(31)34-4)18(23(30)33-3)17(14(11-27)22(29)28)13-8-6-5-7-9-13/h5-10,17H,28H2,1-4H3. The summed E-state index contributed by atoms with van der Waals surface area (Å²) in [6, 6.07) is 11.3. The fourth-order valence-corrected chi connectivity index (χ4v) is 3.82. The second kappa shape index (κ2) is 9.62. The van der Waals surface area contributed by atoms with Crippen LogP contribution in [0.15, 0.2) is 59.1 Å². The molecular weight excluding hydrogens is 448 g/mol. The second-order valence-electron chi connectivity index (χ2n) is 7.19. The minimum absolute atomic E-state index is 0.0470. The van der Waals surface area contributed by atoms with E-state index in [1.807, 2.05) is 6.07 Å². The van der Waals surface area contributed by atoms with Crippen molar-refractivity contribution in [3.8, 4) is 11.8 Å². The number of methoxy groups -OCH3 is 3. The van der Waals surface area contributed by atoms with Gasteiger partial charge in [-0.1, -0.05) is 30.3 Å². The summed E-state index contributed by atoms with van der Waals surface area (Å²) in [6.07, 6.45) is 0. The Morgan fingerprint density at radius 2 is 1.68 bits per heavy atom. The second-order valence-corrected chi connectivity index (χ2v) is 7.19. The lowest BCUT2D eigenvalue weighted by Gasteiger charge is -2.36. The van der Waals surface area contributed by atoms with Crippen LogP contribution in [0.3, 0.4) is 0 Å². The molecule has 0 aliphatic carbocycles. The molecule has 2 aromatic carbocycles. The lowest BCUT2D eigenvalue weighted by molar-refractivity contribution is -0.139. The summed E-state index contributed by atoms with van der Waals surface area (Å²) in [6.45, 7) is 1.31. The number of nitrogens with zero attached hydrogens (tertiary/aromatic N) is 2. The normalized spacial score (nSPS) is 15.7. The van der Waals surface area contributed by atoms with Gasteiger partial charge in [-0.25, -0.2) is 18.4 Å². The highest BCUT2D eigenvalue weighted by molar-refractivity contribution is 6.06. The summed E-state index contributed by atoms with van der Waals surface area (Å²) in [7, 11) is 3.38. The number of hydrogen-bond donors (Lipinski definition) is 1. The van der Waals surface area contributed by atoms with E-state index in [2.05, 4.69) is 0 Å². The van der Waals surface area contributed by atoms with Crippen molar-refractivity contribution in [1.82, 2.24) is 0 Å². The first-order chi connectivity index (χ1) is 16.2. The van der Waals surface area contributed by atoms with Crippen LogP contribution in [0.4, 0.5) is 14.5 Å². The van der Waals surface area contributed by atoms with Crippen LogP contribution in [0.25, 0.3) is 0 Å². The third kappa shape index (κ3) is 3.81. The number of nitriles is 1. The first-order valence-corrected chi connectivity index (χ1v) is 9.91. The maximum Gasteiger partial charge on any atom is 0.355 e. The molecule has 0 radical (unpaired) electrons. The van der Waals surface area contributed by atoms with E-state index in [1.165, 1.54) is 14.0 Å². The number of nitrogens with two attached hydrogens (primary N) is 1. The predicted molar refractivity (Wildman–Crippen MR) is 117 cm³/mol. The van der Waals surface area contributed by atoms with Gasteiger partial charge in [-0.3, -0.25) is 4.90 Å². The number of allylic oxidation sites excluding steroid dienone is 1. The Hall–Kier alpha value is -4.39. The summed E-state index contributed by atoms with van der Waals surface area (Å²) in [5, 5.41) is 9.98. The van der Waals surface area contributed by atoms with Crippen molar-refractivity contribution in [2.75, 3.05) is 26.2 Å². The Bertz CT molecular complexity index is 1270. The molecule has 176 valence electrons. The number of carbonyl (C=O) groups is 2. The van der Waals surface area contributed by atoms with Gasteiger partial charge >= 0.3 is 11.9 Å². The molecule has 1 aliphatic heterocycles. The van der Waals surface area contributed by atoms with E-state index in [1.54, 1.807) is 30.3 Å². The lowest BCUT2D eigenvalue weighted by atomic mass is 9.81. The highest BCUT2D eigenvalue weighted by Crippen LogP contribution is 2.45. The van der Waals surface area contributed by atoms with Gasteiger partial charge < -0.3 is 19.9 Å². The van der Waals surface area contributed by atoms with Crippen molar-refractivity contribution in [1.29, 1.82) is 5.26 Å². The molecule has 0 saturated carbocycles. The monoisotopic (exact) mass is 469 g/mol. The van der Waals surface area contributed by atoms with E-state index in [9.17, 15) is 19.2 Å². The summed E-state index contributed by atoms with van der Waals surface area (Å²) in [4.78, 5) is 26.7. The van der Waals surface area contributed by atoms with E-state index >= 15 is 4.39 Å². The molecule has 2 N–H and O–H groups in total. The van der Waals surface area contributed by atoms with Crippen LogP contribution in [-0.4, -0.2) is 33.3 Å². The zero-order chi connectivity index (χ0) is 25.2. The molecule has 0 fully saturated rings. The molecule has 10 heteroatoms. The molecule has 34 heavy (non-hydrogen) atoms. The average Bonchev–Trinajstić information content (AvgIpc) is 2.86. The fraction of sp³-hybridized carbons (Fsp3) is 0.208. The number of ether oxygens (including phenoxy) is 3. The van der Waals surface area contributed by atoms with Gasteiger partial charge in [0.2, 0.25) is 0 Å². The molecule has 1 heterocycles. The van der Waals surface area contributed by atoms with Crippen LogP contribution in [0.2, 0.25) is 0 Å². The molecule has 8 nitrogen and oxygen atoms in total. The zero-order valence-corrected chi connectivity index (χ0v) is 18.8. The van der Waals surface area contributed by atoms with Crippen LogP contribution in [0, 0.1) is 29.9 Å². The van der Waals surface area contributed by atoms with Crippen LogP contribution in [0.1, 0.15) is 17.0 Å². The van der Waals surface area contributed by atoms with Gasteiger partial charge in [0.15, 0.2) is 11.6 Å². The van der Waals surface area contributed by atoms with Crippen molar-refractivity contribution in [3.63, 3.8) is 0 Å². The van der Waals surface area contributed by atoms with Crippen molar-refractivity contribution < 1.29 is 32.6 Å². The van der Waals surface area contributed by atoms with Gasteiger partial charge in [0, 0.05) is 11.6 Å². The number of benzene rings is 2. The number of halogens is 2. The van der Waals surface area contributed by atoms with Crippen LogP contribution in [0.5, 0.6) is 5.75 Å². The van der Waals surface area contributed by atoms with Gasteiger partial charge in [0.05, 0.1) is 50.2 Å². The molecule has 2 aromatic rings. The number of rotatable bonds is 5. The summed E-state index contributed by atoms with van der Waals surface area (Å²) in [5.74, 6) is -6.27. The van der Waals surface area contributed by atoms with Crippen molar-refractivity contribution in [3.05, 3.63) is 81.8 Å². The first kappa shape index (κ1) is 24.3. The van der Waals surface area contributed by atoms with E-state index in [0.717, 1.165) is 25.2 Å². The van der Waals surface area contributed by atoms with Crippen molar-refractivity contribution in [2.24, 2.45) is 5.73 Å². The quantitative estimate of drug-likeness (QED) is 0.664. The number of anilines is 1. The third-order valence-corrected chi connectivity index (χ3v) is 5.46. The lowest BCUT2D eigenvalue weighted by Crippen LogP contribution is -2.41. The van der Waals surface area contributed by atoms with Gasteiger partial charge in [-0.15, -0.1) is 0 Å². The highest BCUT2D eigenvalue weighted by Gasteiger charge is 2.44. The molecule has 3 rings (SSSR count). The minimum Gasteiger partial charge on any atom is -0.496 e. The maximum atomic E-state index is 15.2. The Kier molecular flexibility index (Phi) is 6.86. The van der Waals surface area contributed by atoms with Crippen LogP contribution < -0.4 is 15.4 Å². The van der Waals surface area contributed by atoms with Gasteiger partial charge in [-0.05, 0) is 12.5 Å². The Balaban J connectivity index is 2.49. The molecule has 0 bridgehead atoms. The van der Waals surface area contributed by atoms with Gasteiger partial charge in [-0.2, -0.15) is 5.26 Å². The maximum absolute atomic E-state index is 15.2. The Morgan fingerprint density at radius 3 is 2.21 bits per heavy atom. The number of esters is 2. The van der Waals surface area contributed by atoms with E-state index in [-0.39, 0.29) is 22.5 Å². The van der Waals surface area contributed by atoms with Crippen LogP contribution in [-0.2, 0) is 19.1 Å². The first-order valence-electron chi connectivity index (χ1n) is 9.91. The van der Waals surface area contributed by atoms with Crippen molar-refractivity contribution in [2.45, 2.75) is 12.8 Å². The smallest absolute Gasteiger partial charge is 0.355 e. The molecule has 0 spiro atoms. The zero-order valence-electron chi connectivity index (χ0n) is 18.8. The molecule has 1 atom stereocenters. The molecule has 0 aromatic heterocycles. The largest absolute Gasteiger partial charge is 0.496 e. The molecule has 0 saturated heterocycles. The van der Waals surface area contributed by atoms with E-state index < -0.39 is 46.7 Å². The van der Waals surface area contributed by atoms with E-state index in [0.29, 0.717) is 5.56 Å². The molecule has 0 amide bonds. The third-order valence-electron chi connectivity index (χ3n) is 5.46. The Labute approximate surface area is 194 Å². The van der Waals surface area contributed by atoms with Crippen LogP contribution >= 0.6 is 0 Å². The average molecular weight is 469 g/mol. The summed E-state index contributed by atoms with van der Waals surface area (Å²) in [5.41, 5.74) is 5.02. The molecule has 1 aliphatic rings. The SMILES string of the molecule is COC(=O)C1=C(C(=O)OC)N(c2cc(OC)c(C)c(F)c2F)C(N)=C(C#N)C1c1ccccc1. The topological polar surface area (TPSA) is 115 Å². The van der Waals surface area contributed by atoms with E-state index in [4.69, 9.17) is 19.9 Å². The highest BCUT2D eigenvalue weighted by atomic mass is 19.2. The summed E-state index contributed by atoms with van der Waals surface area (Å²) >= 11 is 0.